The standard InChI is InChI=1S/C16H15NO3/c18-15(17-9-3-6-14(17)16(19)20)13-8-7-11-4-1-2-5-12(11)10-13/h1-2,4-5,7-8,10,14H,3,6,9H2,(H,19,20)/t14-/m0/s1. The Balaban J connectivity index is 1.94. The number of amides is 1. The van der Waals surface area contributed by atoms with Crippen LogP contribution >= 0.6 is 0 Å². The summed E-state index contributed by atoms with van der Waals surface area (Å²) in [5, 5.41) is 11.2. The first-order valence-corrected chi connectivity index (χ1v) is 6.69. The molecule has 2 aromatic carbocycles. The molecule has 0 bridgehead atoms. The molecule has 2 aromatic rings. The van der Waals surface area contributed by atoms with Crippen molar-refractivity contribution in [2.75, 3.05) is 6.54 Å². The molecule has 1 saturated heterocycles. The average molecular weight is 269 g/mol. The van der Waals surface area contributed by atoms with Crippen molar-refractivity contribution >= 4 is 22.6 Å². The normalized spacial score (nSPS) is 18.4. The van der Waals surface area contributed by atoms with Gasteiger partial charge in [-0.25, -0.2) is 4.79 Å². The summed E-state index contributed by atoms with van der Waals surface area (Å²) in [5.74, 6) is -1.11. The van der Waals surface area contributed by atoms with Crippen LogP contribution in [0.3, 0.4) is 0 Å². The molecule has 0 unspecified atom stereocenters. The lowest BCUT2D eigenvalue weighted by molar-refractivity contribution is -0.141. The smallest absolute Gasteiger partial charge is 0.326 e. The van der Waals surface area contributed by atoms with E-state index in [0.717, 1.165) is 17.2 Å². The third-order valence-corrected chi connectivity index (χ3v) is 3.80. The first-order valence-electron chi connectivity index (χ1n) is 6.69. The minimum atomic E-state index is -0.920. The molecular weight excluding hydrogens is 254 g/mol. The molecule has 1 heterocycles. The molecular formula is C16H15NO3. The fourth-order valence-electron chi connectivity index (χ4n) is 2.75. The molecule has 0 aliphatic carbocycles. The van der Waals surface area contributed by atoms with Crippen molar-refractivity contribution in [3.05, 3.63) is 48.0 Å². The highest BCUT2D eigenvalue weighted by Gasteiger charge is 2.34. The zero-order valence-corrected chi connectivity index (χ0v) is 11.0. The molecule has 4 nitrogen and oxygen atoms in total. The largest absolute Gasteiger partial charge is 0.480 e. The second-order valence-electron chi connectivity index (χ2n) is 5.06. The monoisotopic (exact) mass is 269 g/mol. The molecule has 1 N–H and O–H groups in total. The van der Waals surface area contributed by atoms with Gasteiger partial charge < -0.3 is 10.0 Å². The van der Waals surface area contributed by atoms with E-state index in [1.54, 1.807) is 6.07 Å². The summed E-state index contributed by atoms with van der Waals surface area (Å²) in [5.41, 5.74) is 0.553. The molecule has 4 heteroatoms. The van der Waals surface area contributed by atoms with Gasteiger partial charge in [0.05, 0.1) is 0 Å². The van der Waals surface area contributed by atoms with E-state index >= 15 is 0 Å². The predicted molar refractivity (Wildman–Crippen MR) is 75.6 cm³/mol. The zero-order valence-electron chi connectivity index (χ0n) is 11.0. The summed E-state index contributed by atoms with van der Waals surface area (Å²) in [6, 6.07) is 12.6. The number of rotatable bonds is 2. The number of nitrogens with zero attached hydrogens (tertiary/aromatic N) is 1. The van der Waals surface area contributed by atoms with Crippen LogP contribution in [0.2, 0.25) is 0 Å². The number of hydrogen-bond donors (Lipinski definition) is 1. The number of fused-ring (bicyclic) bond motifs is 1. The summed E-state index contributed by atoms with van der Waals surface area (Å²) in [7, 11) is 0. The van der Waals surface area contributed by atoms with E-state index in [9.17, 15) is 9.59 Å². The van der Waals surface area contributed by atoms with Crippen molar-refractivity contribution in [2.24, 2.45) is 0 Å². The zero-order chi connectivity index (χ0) is 14.1. The summed E-state index contributed by atoms with van der Waals surface area (Å²) >= 11 is 0. The van der Waals surface area contributed by atoms with Gasteiger partial charge >= 0.3 is 5.97 Å². The SMILES string of the molecule is O=C(O)[C@@H]1CCCN1C(=O)c1ccc2ccccc2c1. The minimum absolute atomic E-state index is 0.194. The maximum absolute atomic E-state index is 12.5. The Morgan fingerprint density at radius 3 is 2.60 bits per heavy atom. The van der Waals surface area contributed by atoms with Gasteiger partial charge in [-0.2, -0.15) is 0 Å². The third-order valence-electron chi connectivity index (χ3n) is 3.80. The van der Waals surface area contributed by atoms with Crippen LogP contribution in [0.15, 0.2) is 42.5 Å². The van der Waals surface area contributed by atoms with Crippen LogP contribution in [0.4, 0.5) is 0 Å². The van der Waals surface area contributed by atoms with Crippen molar-refractivity contribution in [1.82, 2.24) is 4.90 Å². The Hall–Kier alpha value is -2.36. The van der Waals surface area contributed by atoms with E-state index in [-0.39, 0.29) is 5.91 Å². The fraction of sp³-hybridized carbons (Fsp3) is 0.250. The molecule has 1 fully saturated rings. The van der Waals surface area contributed by atoms with Crippen LogP contribution < -0.4 is 0 Å². The molecule has 0 spiro atoms. The van der Waals surface area contributed by atoms with Gasteiger partial charge in [0, 0.05) is 12.1 Å². The molecule has 0 aromatic heterocycles. The summed E-state index contributed by atoms with van der Waals surface area (Å²) < 4.78 is 0. The van der Waals surface area contributed by atoms with Gasteiger partial charge in [0.25, 0.3) is 5.91 Å². The fourth-order valence-corrected chi connectivity index (χ4v) is 2.75. The van der Waals surface area contributed by atoms with E-state index in [1.165, 1.54) is 4.90 Å². The Kier molecular flexibility index (Phi) is 3.14. The van der Waals surface area contributed by atoms with Crippen LogP contribution in [0.1, 0.15) is 23.2 Å². The molecule has 0 saturated carbocycles. The van der Waals surface area contributed by atoms with Gasteiger partial charge in [0.2, 0.25) is 0 Å². The minimum Gasteiger partial charge on any atom is -0.480 e. The van der Waals surface area contributed by atoms with Crippen molar-refractivity contribution in [3.8, 4) is 0 Å². The number of likely N-dealkylation sites (tertiary alicyclic amines) is 1. The average Bonchev–Trinajstić information content (AvgIpc) is 2.95. The van der Waals surface area contributed by atoms with E-state index in [0.29, 0.717) is 18.5 Å². The van der Waals surface area contributed by atoms with Crippen LogP contribution in [0.25, 0.3) is 10.8 Å². The topological polar surface area (TPSA) is 57.6 Å². The first-order chi connectivity index (χ1) is 9.66. The number of benzene rings is 2. The molecule has 1 atom stereocenters. The molecule has 3 rings (SSSR count). The third kappa shape index (κ3) is 2.13. The maximum atomic E-state index is 12.5. The maximum Gasteiger partial charge on any atom is 0.326 e. The quantitative estimate of drug-likeness (QED) is 0.911. The predicted octanol–water partition coefficient (Wildman–Crippen LogP) is 2.53. The lowest BCUT2D eigenvalue weighted by Crippen LogP contribution is -2.40. The number of carboxylic acids is 1. The van der Waals surface area contributed by atoms with E-state index in [1.807, 2.05) is 36.4 Å². The van der Waals surface area contributed by atoms with Crippen molar-refractivity contribution < 1.29 is 14.7 Å². The molecule has 1 aliphatic rings. The summed E-state index contributed by atoms with van der Waals surface area (Å²) in [6.45, 7) is 0.516. The first kappa shape index (κ1) is 12.7. The number of carboxylic acid groups (broad SMARTS) is 1. The molecule has 20 heavy (non-hydrogen) atoms. The molecule has 102 valence electrons. The van der Waals surface area contributed by atoms with Gasteiger partial charge in [-0.05, 0) is 35.7 Å². The lowest BCUT2D eigenvalue weighted by Gasteiger charge is -2.21. The number of aliphatic carboxylic acids is 1. The Labute approximate surface area is 116 Å². The van der Waals surface area contributed by atoms with Crippen molar-refractivity contribution in [2.45, 2.75) is 18.9 Å². The van der Waals surface area contributed by atoms with E-state index in [2.05, 4.69) is 0 Å². The molecule has 1 aliphatic heterocycles. The van der Waals surface area contributed by atoms with Gasteiger partial charge in [-0.1, -0.05) is 30.3 Å². The highest BCUT2D eigenvalue weighted by atomic mass is 16.4. The number of hydrogen-bond acceptors (Lipinski definition) is 2. The van der Waals surface area contributed by atoms with Crippen molar-refractivity contribution in [1.29, 1.82) is 0 Å². The van der Waals surface area contributed by atoms with Gasteiger partial charge in [-0.3, -0.25) is 4.79 Å². The molecule has 1 amide bonds. The Morgan fingerprint density at radius 2 is 1.85 bits per heavy atom. The Bertz CT molecular complexity index is 680. The number of carbonyl (C=O) groups is 2. The van der Waals surface area contributed by atoms with Crippen LogP contribution in [0.5, 0.6) is 0 Å². The van der Waals surface area contributed by atoms with Gasteiger partial charge in [-0.15, -0.1) is 0 Å². The van der Waals surface area contributed by atoms with Crippen molar-refractivity contribution in [3.63, 3.8) is 0 Å². The van der Waals surface area contributed by atoms with Crippen LogP contribution in [0, 0.1) is 0 Å². The van der Waals surface area contributed by atoms with Gasteiger partial charge in [0.1, 0.15) is 6.04 Å². The van der Waals surface area contributed by atoms with Crippen LogP contribution in [-0.4, -0.2) is 34.5 Å². The van der Waals surface area contributed by atoms with Gasteiger partial charge in [0.15, 0.2) is 0 Å². The summed E-state index contributed by atoms with van der Waals surface area (Å²) in [6.07, 6.45) is 1.28. The van der Waals surface area contributed by atoms with Crippen LogP contribution in [-0.2, 0) is 4.79 Å². The Morgan fingerprint density at radius 1 is 1.10 bits per heavy atom. The van der Waals surface area contributed by atoms with E-state index in [4.69, 9.17) is 5.11 Å². The second-order valence-corrected chi connectivity index (χ2v) is 5.06. The van der Waals surface area contributed by atoms with E-state index < -0.39 is 12.0 Å². The lowest BCUT2D eigenvalue weighted by atomic mass is 10.1. The second kappa shape index (κ2) is 4.96. The molecule has 0 radical (unpaired) electrons. The number of carbonyl (C=O) groups excluding carboxylic acids is 1. The summed E-state index contributed by atoms with van der Waals surface area (Å²) in [4.78, 5) is 25.1. The highest BCUT2D eigenvalue weighted by Crippen LogP contribution is 2.22. The highest BCUT2D eigenvalue weighted by molar-refractivity contribution is 6.00.